The number of aryl methyl sites for hydroxylation is 2. The molecule has 0 fully saturated rings. The topological polar surface area (TPSA) is 55.4 Å². The molecule has 1 atom stereocenters. The molecule has 132 valence electrons. The quantitative estimate of drug-likeness (QED) is 0.713. The van der Waals surface area contributed by atoms with Crippen LogP contribution in [0.25, 0.3) is 0 Å². The molecular weight excluding hydrogens is 314 g/mol. The Kier molecular flexibility index (Phi) is 7.70. The van der Waals surface area contributed by atoms with Gasteiger partial charge in [0, 0.05) is 12.5 Å². The molecule has 0 spiro atoms. The van der Waals surface area contributed by atoms with Crippen LogP contribution in [-0.4, -0.2) is 24.5 Å². The Morgan fingerprint density at radius 3 is 2.08 bits per heavy atom. The van der Waals surface area contributed by atoms with Crippen LogP contribution in [0.15, 0.2) is 60.7 Å². The first-order valence-electron chi connectivity index (χ1n) is 8.66. The maximum atomic E-state index is 11.9. The molecule has 2 rings (SSSR count). The molecule has 4 heteroatoms. The highest BCUT2D eigenvalue weighted by Gasteiger charge is 2.11. The second-order valence-corrected chi connectivity index (χ2v) is 6.14. The molecule has 25 heavy (non-hydrogen) atoms. The summed E-state index contributed by atoms with van der Waals surface area (Å²) in [6.45, 7) is 1.74. The summed E-state index contributed by atoms with van der Waals surface area (Å²) in [6, 6.07) is 19.9. The Morgan fingerprint density at radius 2 is 1.48 bits per heavy atom. The molecule has 4 nitrogen and oxygen atoms in total. The van der Waals surface area contributed by atoms with Gasteiger partial charge in [-0.1, -0.05) is 60.7 Å². The van der Waals surface area contributed by atoms with Crippen molar-refractivity contribution in [2.75, 3.05) is 6.61 Å². The molecule has 1 unspecified atom stereocenters. The Morgan fingerprint density at radius 1 is 0.920 bits per heavy atom. The van der Waals surface area contributed by atoms with Crippen LogP contribution in [0.5, 0.6) is 0 Å². The zero-order chi connectivity index (χ0) is 17.9. The zero-order valence-electron chi connectivity index (χ0n) is 14.6. The molecule has 0 saturated carbocycles. The molecule has 0 bridgehead atoms. The van der Waals surface area contributed by atoms with Crippen LogP contribution in [0.4, 0.5) is 0 Å². The Hall–Kier alpha value is -2.62. The van der Waals surface area contributed by atoms with Gasteiger partial charge in [-0.2, -0.15) is 0 Å². The number of esters is 1. The number of amides is 1. The maximum absolute atomic E-state index is 11.9. The third-order valence-corrected chi connectivity index (χ3v) is 3.94. The van der Waals surface area contributed by atoms with Crippen molar-refractivity contribution in [3.63, 3.8) is 0 Å². The number of ether oxygens (including phenoxy) is 1. The van der Waals surface area contributed by atoms with Crippen LogP contribution in [0.2, 0.25) is 0 Å². The van der Waals surface area contributed by atoms with Crippen LogP contribution >= 0.6 is 0 Å². The summed E-state index contributed by atoms with van der Waals surface area (Å²) in [7, 11) is 0. The molecule has 0 aliphatic carbocycles. The molecule has 2 aromatic rings. The summed E-state index contributed by atoms with van der Waals surface area (Å²) >= 11 is 0. The van der Waals surface area contributed by atoms with Crippen molar-refractivity contribution < 1.29 is 14.3 Å². The first-order valence-corrected chi connectivity index (χ1v) is 8.66. The SMILES string of the molecule is CC(CCc1ccccc1)NC(=O)COC(=O)CCc1ccccc1. The van der Waals surface area contributed by atoms with Gasteiger partial charge in [0.15, 0.2) is 6.61 Å². The van der Waals surface area contributed by atoms with Gasteiger partial charge in [-0.05, 0) is 37.3 Å². The van der Waals surface area contributed by atoms with Crippen LogP contribution in [0, 0.1) is 0 Å². The van der Waals surface area contributed by atoms with E-state index in [9.17, 15) is 9.59 Å². The lowest BCUT2D eigenvalue weighted by Crippen LogP contribution is -2.36. The molecule has 0 saturated heterocycles. The molecule has 1 N–H and O–H groups in total. The van der Waals surface area contributed by atoms with Gasteiger partial charge in [0.05, 0.1) is 0 Å². The van der Waals surface area contributed by atoms with E-state index < -0.39 is 0 Å². The molecule has 2 aromatic carbocycles. The number of benzene rings is 2. The van der Waals surface area contributed by atoms with Crippen molar-refractivity contribution in [2.24, 2.45) is 0 Å². The van der Waals surface area contributed by atoms with E-state index in [0.717, 1.165) is 18.4 Å². The van der Waals surface area contributed by atoms with Gasteiger partial charge in [0.1, 0.15) is 0 Å². The minimum atomic E-state index is -0.351. The Balaban J connectivity index is 1.60. The third kappa shape index (κ3) is 7.66. The van der Waals surface area contributed by atoms with E-state index in [-0.39, 0.29) is 30.9 Å². The van der Waals surface area contributed by atoms with E-state index >= 15 is 0 Å². The number of carbonyl (C=O) groups is 2. The monoisotopic (exact) mass is 339 g/mol. The van der Waals surface area contributed by atoms with Gasteiger partial charge in [0.25, 0.3) is 5.91 Å². The van der Waals surface area contributed by atoms with E-state index in [1.165, 1.54) is 5.56 Å². The molecule has 0 radical (unpaired) electrons. The summed E-state index contributed by atoms with van der Waals surface area (Å²) < 4.78 is 5.04. The van der Waals surface area contributed by atoms with Crippen LogP contribution in [0.1, 0.15) is 30.9 Å². The lowest BCUT2D eigenvalue weighted by atomic mass is 10.1. The van der Waals surface area contributed by atoms with Crippen molar-refractivity contribution in [2.45, 2.75) is 38.6 Å². The maximum Gasteiger partial charge on any atom is 0.306 e. The predicted molar refractivity (Wildman–Crippen MR) is 98.1 cm³/mol. The van der Waals surface area contributed by atoms with Gasteiger partial charge >= 0.3 is 5.97 Å². The average molecular weight is 339 g/mol. The highest BCUT2D eigenvalue weighted by molar-refractivity contribution is 5.80. The second kappa shape index (κ2) is 10.3. The average Bonchev–Trinajstić information content (AvgIpc) is 2.65. The fraction of sp³-hybridized carbons (Fsp3) is 0.333. The molecule has 0 heterocycles. The Labute approximate surface area is 149 Å². The van der Waals surface area contributed by atoms with Crippen molar-refractivity contribution in [3.05, 3.63) is 71.8 Å². The van der Waals surface area contributed by atoms with Crippen LogP contribution in [-0.2, 0) is 27.2 Å². The van der Waals surface area contributed by atoms with Crippen molar-refractivity contribution in [1.29, 1.82) is 0 Å². The second-order valence-electron chi connectivity index (χ2n) is 6.14. The van der Waals surface area contributed by atoms with Crippen molar-refractivity contribution >= 4 is 11.9 Å². The largest absolute Gasteiger partial charge is 0.456 e. The lowest BCUT2D eigenvalue weighted by Gasteiger charge is -2.14. The van der Waals surface area contributed by atoms with Crippen LogP contribution in [0.3, 0.4) is 0 Å². The van der Waals surface area contributed by atoms with Gasteiger partial charge in [-0.3, -0.25) is 9.59 Å². The first kappa shape index (κ1) is 18.7. The van der Waals surface area contributed by atoms with E-state index in [4.69, 9.17) is 4.74 Å². The molecule has 1 amide bonds. The molecule has 0 aromatic heterocycles. The molecule has 0 aliphatic rings. The number of hydrogen-bond acceptors (Lipinski definition) is 3. The van der Waals surface area contributed by atoms with E-state index in [1.807, 2.05) is 55.5 Å². The summed E-state index contributed by atoms with van der Waals surface area (Å²) in [4.78, 5) is 23.6. The zero-order valence-corrected chi connectivity index (χ0v) is 14.6. The van der Waals surface area contributed by atoms with Gasteiger partial charge in [-0.25, -0.2) is 0 Å². The van der Waals surface area contributed by atoms with Crippen LogP contribution < -0.4 is 5.32 Å². The van der Waals surface area contributed by atoms with Gasteiger partial charge in [-0.15, -0.1) is 0 Å². The minimum Gasteiger partial charge on any atom is -0.456 e. The van der Waals surface area contributed by atoms with Gasteiger partial charge in [0.2, 0.25) is 0 Å². The number of carbonyl (C=O) groups excluding carboxylic acids is 2. The molecular formula is C21H25NO3. The highest BCUT2D eigenvalue weighted by Crippen LogP contribution is 2.05. The standard InChI is InChI=1S/C21H25NO3/c1-17(12-13-18-8-4-2-5-9-18)22-20(23)16-25-21(24)15-14-19-10-6-3-7-11-19/h2-11,17H,12-16H2,1H3,(H,22,23). The number of rotatable bonds is 9. The summed E-state index contributed by atoms with van der Waals surface area (Å²) in [6.07, 6.45) is 2.65. The van der Waals surface area contributed by atoms with E-state index in [0.29, 0.717) is 6.42 Å². The number of nitrogens with one attached hydrogen (secondary N) is 1. The highest BCUT2D eigenvalue weighted by atomic mass is 16.5. The number of hydrogen-bond donors (Lipinski definition) is 1. The van der Waals surface area contributed by atoms with E-state index in [2.05, 4.69) is 17.4 Å². The summed E-state index contributed by atoms with van der Waals surface area (Å²) in [5.74, 6) is -0.607. The summed E-state index contributed by atoms with van der Waals surface area (Å²) in [5.41, 5.74) is 2.33. The normalized spacial score (nSPS) is 11.6. The Bertz CT molecular complexity index is 655. The van der Waals surface area contributed by atoms with Gasteiger partial charge < -0.3 is 10.1 Å². The summed E-state index contributed by atoms with van der Waals surface area (Å²) in [5, 5.41) is 2.86. The minimum absolute atomic E-state index is 0.0377. The first-order chi connectivity index (χ1) is 12.1. The molecule has 0 aliphatic heterocycles. The van der Waals surface area contributed by atoms with E-state index in [1.54, 1.807) is 0 Å². The van der Waals surface area contributed by atoms with Crippen molar-refractivity contribution in [1.82, 2.24) is 5.32 Å². The smallest absolute Gasteiger partial charge is 0.306 e. The predicted octanol–water partition coefficient (Wildman–Crippen LogP) is 3.30. The van der Waals surface area contributed by atoms with Crippen molar-refractivity contribution in [3.8, 4) is 0 Å². The third-order valence-electron chi connectivity index (χ3n) is 3.94. The fourth-order valence-electron chi connectivity index (χ4n) is 2.53. The lowest BCUT2D eigenvalue weighted by molar-refractivity contribution is -0.148. The fourth-order valence-corrected chi connectivity index (χ4v) is 2.53.